The average molecular weight is 128 g/mol. The molecule has 0 bridgehead atoms. The maximum atomic E-state index is 8.09. The minimum atomic E-state index is -5.08. The Hall–Kier alpha value is 0.270. The predicted molar refractivity (Wildman–Crippen MR) is 26.3 cm³/mol. The van der Waals surface area contributed by atoms with Gasteiger partial charge in [0.15, 0.2) is 0 Å². The Kier molecular flexibility index (Phi) is 1.42. The summed E-state index contributed by atoms with van der Waals surface area (Å²) in [7, 11) is -5.08. The molecule has 4 nitrogen and oxygen atoms in total. The van der Waals surface area contributed by atoms with E-state index >= 15 is 0 Å². The van der Waals surface area contributed by atoms with Crippen molar-refractivity contribution < 1.29 is 19.6 Å². The predicted octanol–water partition coefficient (Wildman–Crippen LogP) is -0.811. The fourth-order valence-corrected chi connectivity index (χ4v) is 0. The van der Waals surface area contributed by atoms with Crippen LogP contribution in [0.4, 0.5) is 0 Å². The fourth-order valence-electron chi connectivity index (χ4n) is 0. The van der Waals surface area contributed by atoms with Gasteiger partial charge in [-0.15, -0.1) is 0 Å². The molecule has 0 saturated heterocycles. The molecule has 0 fully saturated rings. The van der Waals surface area contributed by atoms with E-state index in [1.54, 1.807) is 0 Å². The van der Waals surface area contributed by atoms with Crippen molar-refractivity contribution in [2.45, 2.75) is 6.92 Å². The van der Waals surface area contributed by atoms with E-state index < -0.39 is 13.7 Å². The second kappa shape index (κ2) is 1.37. The molecule has 0 aromatic rings. The molecule has 0 heterocycles. The molecule has 0 atom stereocenters. The van der Waals surface area contributed by atoms with Crippen LogP contribution in [-0.2, 0) is 0 Å². The molecule has 0 aromatic heterocycles. The first kappa shape index (κ1) is 7.27. The number of hydrogen-bond donors (Lipinski definition) is 4. The van der Waals surface area contributed by atoms with Gasteiger partial charge in [-0.2, -0.15) is 0 Å². The SMILES string of the molecule is CCP(O)(O)(O)O. The summed E-state index contributed by atoms with van der Waals surface area (Å²) < 4.78 is 0. The molecule has 0 radical (unpaired) electrons. The Balaban J connectivity index is 3.83. The summed E-state index contributed by atoms with van der Waals surface area (Å²) in [6.45, 7) is 1.28. The van der Waals surface area contributed by atoms with Gasteiger partial charge in [0.2, 0.25) is 0 Å². The molecule has 4 N–H and O–H groups in total. The van der Waals surface area contributed by atoms with Crippen LogP contribution in [0.25, 0.3) is 0 Å². The molecule has 0 saturated carbocycles. The summed E-state index contributed by atoms with van der Waals surface area (Å²) in [4.78, 5) is 32.4. The molecular weight excluding hydrogens is 119 g/mol. The topological polar surface area (TPSA) is 80.9 Å². The Morgan fingerprint density at radius 3 is 1.29 bits per heavy atom. The van der Waals surface area contributed by atoms with Crippen LogP contribution in [0.5, 0.6) is 0 Å². The number of hydrogen-bond acceptors (Lipinski definition) is 4. The fraction of sp³-hybridized carbons (Fsp3) is 1.00. The summed E-state index contributed by atoms with van der Waals surface area (Å²) in [5, 5.41) is 0. The van der Waals surface area contributed by atoms with E-state index in [-0.39, 0.29) is 0 Å². The summed E-state index contributed by atoms with van der Waals surface area (Å²) >= 11 is 0. The standard InChI is InChI=1S/C2H9O4P/c1-2-7(3,4,5)6/h3-6H,2H2,1H3. The van der Waals surface area contributed by atoms with Crippen molar-refractivity contribution in [1.82, 2.24) is 0 Å². The summed E-state index contributed by atoms with van der Waals surface area (Å²) in [5.41, 5.74) is 0. The van der Waals surface area contributed by atoms with Crippen molar-refractivity contribution in [3.05, 3.63) is 0 Å². The van der Waals surface area contributed by atoms with Crippen molar-refractivity contribution in [2.75, 3.05) is 6.16 Å². The molecule has 0 aliphatic heterocycles. The third kappa shape index (κ3) is 6.27. The summed E-state index contributed by atoms with van der Waals surface area (Å²) in [6, 6.07) is 0. The second-order valence-corrected chi connectivity index (χ2v) is 4.26. The molecule has 0 rings (SSSR count). The van der Waals surface area contributed by atoms with E-state index in [2.05, 4.69) is 0 Å². The van der Waals surface area contributed by atoms with Crippen molar-refractivity contribution in [2.24, 2.45) is 0 Å². The van der Waals surface area contributed by atoms with Crippen LogP contribution in [0.1, 0.15) is 6.92 Å². The van der Waals surface area contributed by atoms with Gasteiger partial charge in [0.1, 0.15) is 0 Å². The van der Waals surface area contributed by atoms with E-state index in [1.165, 1.54) is 6.92 Å². The molecule has 0 spiro atoms. The van der Waals surface area contributed by atoms with E-state index in [1.807, 2.05) is 0 Å². The van der Waals surface area contributed by atoms with E-state index in [0.717, 1.165) is 0 Å². The molecule has 0 aromatic carbocycles. The maximum absolute atomic E-state index is 8.09. The third-order valence-corrected chi connectivity index (χ3v) is 1.70. The van der Waals surface area contributed by atoms with Gasteiger partial charge in [-0.25, -0.2) is 0 Å². The summed E-state index contributed by atoms with van der Waals surface area (Å²) in [6.07, 6.45) is -0.411. The van der Waals surface area contributed by atoms with Crippen LogP contribution in [0, 0.1) is 0 Å². The van der Waals surface area contributed by atoms with Gasteiger partial charge in [-0.1, -0.05) is 0 Å². The van der Waals surface area contributed by atoms with E-state index in [4.69, 9.17) is 19.6 Å². The second-order valence-electron chi connectivity index (χ2n) is 1.42. The zero-order valence-corrected chi connectivity index (χ0v) is 4.84. The number of rotatable bonds is 1. The molecule has 0 unspecified atom stereocenters. The van der Waals surface area contributed by atoms with Crippen LogP contribution in [0.15, 0.2) is 0 Å². The Morgan fingerprint density at radius 1 is 1.14 bits per heavy atom. The zero-order chi connectivity index (χ0) is 6.15. The van der Waals surface area contributed by atoms with E-state index in [9.17, 15) is 0 Å². The molecular formula is C2H9O4P. The van der Waals surface area contributed by atoms with E-state index in [0.29, 0.717) is 0 Å². The van der Waals surface area contributed by atoms with Crippen LogP contribution < -0.4 is 0 Å². The Labute approximate surface area is 41.3 Å². The van der Waals surface area contributed by atoms with Gasteiger partial charge in [-0.05, 0) is 0 Å². The van der Waals surface area contributed by atoms with Crippen molar-refractivity contribution in [3.63, 3.8) is 0 Å². The Morgan fingerprint density at radius 2 is 1.29 bits per heavy atom. The average Bonchev–Trinajstić information content (AvgIpc) is 1.32. The van der Waals surface area contributed by atoms with Gasteiger partial charge in [0, 0.05) is 0 Å². The quantitative estimate of drug-likeness (QED) is 0.348. The zero-order valence-electron chi connectivity index (χ0n) is 3.94. The normalized spacial score (nSPS) is 18.1. The van der Waals surface area contributed by atoms with Crippen LogP contribution in [-0.4, -0.2) is 25.7 Å². The van der Waals surface area contributed by atoms with Gasteiger partial charge in [0.05, 0.1) is 0 Å². The first-order valence-corrected chi connectivity index (χ1v) is 4.06. The molecule has 5 heteroatoms. The van der Waals surface area contributed by atoms with Gasteiger partial charge < -0.3 is 0 Å². The molecule has 0 amide bonds. The molecule has 0 aliphatic rings. The van der Waals surface area contributed by atoms with Crippen molar-refractivity contribution in [3.8, 4) is 0 Å². The van der Waals surface area contributed by atoms with Crippen LogP contribution in [0.2, 0.25) is 0 Å². The van der Waals surface area contributed by atoms with Crippen LogP contribution >= 0.6 is 7.51 Å². The monoisotopic (exact) mass is 128 g/mol. The molecule has 7 heavy (non-hydrogen) atoms. The van der Waals surface area contributed by atoms with Crippen molar-refractivity contribution >= 4 is 7.51 Å². The molecule has 46 valence electrons. The van der Waals surface area contributed by atoms with Crippen molar-refractivity contribution in [1.29, 1.82) is 0 Å². The van der Waals surface area contributed by atoms with Crippen LogP contribution in [0.3, 0.4) is 0 Å². The first-order chi connectivity index (χ1) is 2.81. The Bertz CT molecular complexity index is 62.2. The summed E-state index contributed by atoms with van der Waals surface area (Å²) in [5.74, 6) is 0. The first-order valence-electron chi connectivity index (χ1n) is 1.82. The third-order valence-electron chi connectivity index (χ3n) is 0.566. The molecule has 0 aliphatic carbocycles. The van der Waals surface area contributed by atoms with Gasteiger partial charge in [0.25, 0.3) is 0 Å². The minimum absolute atomic E-state index is 0.411. The van der Waals surface area contributed by atoms with Gasteiger partial charge >= 0.3 is 40.2 Å². The van der Waals surface area contributed by atoms with Gasteiger partial charge in [-0.3, -0.25) is 0 Å².